The molecule has 40 heavy (non-hydrogen) atoms. The fraction of sp³-hybridized carbons (Fsp3) is 0.452. The van der Waals surface area contributed by atoms with E-state index in [-0.39, 0.29) is 23.5 Å². The van der Waals surface area contributed by atoms with Gasteiger partial charge in [0.2, 0.25) is 9.84 Å². The number of aryl methyl sites for hydroxylation is 1. The normalized spacial score (nSPS) is 19.3. The molecule has 1 aliphatic heterocycles. The standard InChI is InChI=1S/C31H38FN3O4S.H2/c1-7-31(6)16-21(4)17-35(31)30-26(28(36)19-40(37,38)29-10-8-9-22(5)33-29)11-12-27(34-30)23-13-24(32)15-25(14-23)39-18-20(2)3;/h8-15,20-21H,7,16-19H2,1-6H3;1H. The summed E-state index contributed by atoms with van der Waals surface area (Å²) in [5.74, 6) is -0.299. The van der Waals surface area contributed by atoms with Crippen LogP contribution in [0.15, 0.2) is 53.6 Å². The molecule has 3 aromatic rings. The van der Waals surface area contributed by atoms with Gasteiger partial charge in [0, 0.05) is 30.8 Å². The average Bonchev–Trinajstić information content (AvgIpc) is 3.20. The molecule has 0 N–H and O–H groups in total. The van der Waals surface area contributed by atoms with Gasteiger partial charge in [0.25, 0.3) is 0 Å². The molecule has 9 heteroatoms. The topological polar surface area (TPSA) is 89.5 Å². The van der Waals surface area contributed by atoms with Gasteiger partial charge in [-0.3, -0.25) is 4.79 Å². The second kappa shape index (κ2) is 11.6. The zero-order valence-corrected chi connectivity index (χ0v) is 24.9. The van der Waals surface area contributed by atoms with Crippen molar-refractivity contribution in [3.63, 3.8) is 0 Å². The van der Waals surface area contributed by atoms with E-state index in [1.165, 1.54) is 18.2 Å². The van der Waals surface area contributed by atoms with Gasteiger partial charge in [-0.15, -0.1) is 0 Å². The van der Waals surface area contributed by atoms with Gasteiger partial charge in [-0.1, -0.05) is 33.8 Å². The van der Waals surface area contributed by atoms with Crippen molar-refractivity contribution in [2.45, 2.75) is 64.9 Å². The fourth-order valence-corrected chi connectivity index (χ4v) is 6.46. The van der Waals surface area contributed by atoms with Crippen molar-refractivity contribution < 1.29 is 23.8 Å². The van der Waals surface area contributed by atoms with E-state index in [1.54, 1.807) is 37.3 Å². The number of benzene rings is 1. The van der Waals surface area contributed by atoms with Gasteiger partial charge in [-0.05, 0) is 74.9 Å². The van der Waals surface area contributed by atoms with Crippen LogP contribution < -0.4 is 9.64 Å². The molecular formula is C31H40FN3O4S. The summed E-state index contributed by atoms with van der Waals surface area (Å²) in [4.78, 5) is 24.8. The molecule has 2 unspecified atom stereocenters. The van der Waals surface area contributed by atoms with Crippen LogP contribution in [0.3, 0.4) is 0 Å². The number of sulfone groups is 1. The highest BCUT2D eigenvalue weighted by Crippen LogP contribution is 2.41. The molecule has 3 heterocycles. The van der Waals surface area contributed by atoms with Crippen molar-refractivity contribution in [2.24, 2.45) is 11.8 Å². The third kappa shape index (κ3) is 6.52. The van der Waals surface area contributed by atoms with Crippen molar-refractivity contribution in [1.29, 1.82) is 0 Å². The number of ether oxygens (including phenoxy) is 1. The number of hydrogen-bond acceptors (Lipinski definition) is 7. The van der Waals surface area contributed by atoms with Gasteiger partial charge in [0.1, 0.15) is 23.1 Å². The Morgan fingerprint density at radius 3 is 2.62 bits per heavy atom. The smallest absolute Gasteiger partial charge is 0.203 e. The van der Waals surface area contributed by atoms with Gasteiger partial charge in [0.05, 0.1) is 17.9 Å². The molecule has 7 nitrogen and oxygen atoms in total. The molecule has 4 rings (SSSR count). The first-order valence-corrected chi connectivity index (χ1v) is 15.4. The number of halogens is 1. The number of ketones is 1. The maximum Gasteiger partial charge on any atom is 0.203 e. The van der Waals surface area contributed by atoms with E-state index < -0.39 is 27.2 Å². The lowest BCUT2D eigenvalue weighted by Gasteiger charge is -2.36. The lowest BCUT2D eigenvalue weighted by atomic mass is 9.92. The average molecular weight is 570 g/mol. The lowest BCUT2D eigenvalue weighted by Crippen LogP contribution is -2.42. The monoisotopic (exact) mass is 569 g/mol. The van der Waals surface area contributed by atoms with Crippen molar-refractivity contribution in [3.05, 3.63) is 65.6 Å². The predicted octanol–water partition coefficient (Wildman–Crippen LogP) is 6.54. The highest BCUT2D eigenvalue weighted by Gasteiger charge is 2.41. The summed E-state index contributed by atoms with van der Waals surface area (Å²) < 4.78 is 46.6. The quantitative estimate of drug-likeness (QED) is 0.256. The number of carbonyl (C=O) groups excluding carboxylic acids is 1. The van der Waals surface area contributed by atoms with Crippen molar-refractivity contribution in [1.82, 2.24) is 9.97 Å². The van der Waals surface area contributed by atoms with Crippen LogP contribution in [-0.4, -0.2) is 48.6 Å². The Hall–Kier alpha value is -3.33. The minimum Gasteiger partial charge on any atom is -0.493 e. The lowest BCUT2D eigenvalue weighted by molar-refractivity contribution is 0.102. The Kier molecular flexibility index (Phi) is 8.63. The summed E-state index contributed by atoms with van der Waals surface area (Å²) >= 11 is 0. The van der Waals surface area contributed by atoms with Crippen molar-refractivity contribution in [3.8, 4) is 17.0 Å². The molecular weight excluding hydrogens is 529 g/mol. The molecule has 0 radical (unpaired) electrons. The summed E-state index contributed by atoms with van der Waals surface area (Å²) in [6.45, 7) is 13.2. The number of carbonyl (C=O) groups is 1. The first-order chi connectivity index (χ1) is 18.8. The molecule has 216 valence electrons. The molecule has 0 amide bonds. The molecule has 2 atom stereocenters. The highest BCUT2D eigenvalue weighted by atomic mass is 32.2. The number of nitrogens with zero attached hydrogens (tertiary/aromatic N) is 3. The second-order valence-corrected chi connectivity index (χ2v) is 13.5. The van der Waals surface area contributed by atoms with Gasteiger partial charge in [-0.2, -0.15) is 0 Å². The van der Waals surface area contributed by atoms with E-state index in [4.69, 9.17) is 9.72 Å². The number of anilines is 1. The van der Waals surface area contributed by atoms with Crippen LogP contribution in [0.5, 0.6) is 5.75 Å². The Labute approximate surface area is 238 Å². The Balaban J connectivity index is 0.00000462. The van der Waals surface area contributed by atoms with Crippen molar-refractivity contribution >= 4 is 21.4 Å². The zero-order chi connectivity index (χ0) is 29.2. The molecule has 1 saturated heterocycles. The largest absolute Gasteiger partial charge is 0.493 e. The molecule has 0 spiro atoms. The molecule has 2 aromatic heterocycles. The molecule has 0 saturated carbocycles. The molecule has 0 aliphatic carbocycles. The SMILES string of the molecule is CCC1(C)CC(C)CN1c1nc(-c2cc(F)cc(OCC(C)C)c2)ccc1C(=O)CS(=O)(=O)c1cccc(C)n1.[HH]. The second-order valence-electron chi connectivity index (χ2n) is 11.5. The third-order valence-corrected chi connectivity index (χ3v) is 8.89. The first kappa shape index (κ1) is 29.6. The van der Waals surface area contributed by atoms with E-state index in [2.05, 4.69) is 30.7 Å². The van der Waals surface area contributed by atoms with Crippen LogP contribution in [0, 0.1) is 24.6 Å². The Morgan fingerprint density at radius 2 is 1.95 bits per heavy atom. The van der Waals surface area contributed by atoms with E-state index in [9.17, 15) is 17.6 Å². The van der Waals surface area contributed by atoms with Gasteiger partial charge >= 0.3 is 0 Å². The zero-order valence-electron chi connectivity index (χ0n) is 24.1. The summed E-state index contributed by atoms with van der Waals surface area (Å²) in [6.07, 6.45) is 1.72. The van der Waals surface area contributed by atoms with Crippen LogP contribution in [0.2, 0.25) is 0 Å². The van der Waals surface area contributed by atoms with Crippen LogP contribution in [0.25, 0.3) is 11.3 Å². The van der Waals surface area contributed by atoms with Crippen LogP contribution in [0.4, 0.5) is 10.2 Å². The van der Waals surface area contributed by atoms with Gasteiger partial charge in [0.15, 0.2) is 10.8 Å². The molecule has 1 aliphatic rings. The van der Waals surface area contributed by atoms with Crippen molar-refractivity contribution in [2.75, 3.05) is 23.8 Å². The molecule has 1 fully saturated rings. The van der Waals surface area contributed by atoms with E-state index in [0.29, 0.717) is 47.6 Å². The van der Waals surface area contributed by atoms with E-state index in [1.807, 2.05) is 13.8 Å². The number of hydrogen-bond donors (Lipinski definition) is 0. The molecule has 1 aromatic carbocycles. The van der Waals surface area contributed by atoms with Crippen LogP contribution in [0.1, 0.15) is 64.9 Å². The molecule has 0 bridgehead atoms. The Morgan fingerprint density at radius 1 is 1.20 bits per heavy atom. The summed E-state index contributed by atoms with van der Waals surface area (Å²) in [7, 11) is -3.98. The van der Waals surface area contributed by atoms with Crippen LogP contribution in [-0.2, 0) is 9.84 Å². The van der Waals surface area contributed by atoms with E-state index in [0.717, 1.165) is 12.8 Å². The predicted molar refractivity (Wildman–Crippen MR) is 157 cm³/mol. The first-order valence-electron chi connectivity index (χ1n) is 13.7. The number of Topliss-reactive ketones (excluding diaryl/α,β-unsaturated/α-hetero) is 1. The van der Waals surface area contributed by atoms with Crippen LogP contribution >= 0.6 is 0 Å². The minimum atomic E-state index is -3.98. The maximum atomic E-state index is 14.6. The Bertz CT molecular complexity index is 1510. The third-order valence-electron chi connectivity index (χ3n) is 7.38. The van der Waals surface area contributed by atoms with E-state index >= 15 is 0 Å². The number of pyridine rings is 2. The minimum absolute atomic E-state index is 0. The fourth-order valence-electron chi connectivity index (χ4n) is 5.24. The van der Waals surface area contributed by atoms with Gasteiger partial charge < -0.3 is 9.64 Å². The highest BCUT2D eigenvalue weighted by molar-refractivity contribution is 7.92. The number of rotatable bonds is 10. The van der Waals surface area contributed by atoms with Gasteiger partial charge in [-0.25, -0.2) is 22.8 Å². The number of aromatic nitrogens is 2. The summed E-state index contributed by atoms with van der Waals surface area (Å²) in [5, 5.41) is -0.131. The summed E-state index contributed by atoms with van der Waals surface area (Å²) in [5.41, 5.74) is 1.49. The summed E-state index contributed by atoms with van der Waals surface area (Å²) in [6, 6.07) is 12.4. The maximum absolute atomic E-state index is 14.6.